The molecule has 0 unspecified atom stereocenters. The molecule has 0 saturated heterocycles. The van der Waals surface area contributed by atoms with Gasteiger partial charge in [0, 0.05) is 6.54 Å². The molecule has 0 aromatic heterocycles. The zero-order valence-electron chi connectivity index (χ0n) is 8.20. The molecule has 2 N–H and O–H groups in total. The number of hydrogen-bond acceptors (Lipinski definition) is 2. The maximum atomic E-state index is 12.8. The summed E-state index contributed by atoms with van der Waals surface area (Å²) in [7, 11) is 0. The highest BCUT2D eigenvalue weighted by molar-refractivity contribution is 5.66. The summed E-state index contributed by atoms with van der Waals surface area (Å²) in [4.78, 5) is 10.0. The van der Waals surface area contributed by atoms with E-state index in [0.717, 1.165) is 0 Å². The number of halogens is 4. The largest absolute Gasteiger partial charge is 0.481 e. The Morgan fingerprint density at radius 3 is 2.27 bits per heavy atom. The van der Waals surface area contributed by atoms with Crippen molar-refractivity contribution in [2.45, 2.75) is 31.6 Å². The molecule has 0 radical (unpaired) electrons. The van der Waals surface area contributed by atoms with Crippen LogP contribution in [-0.4, -0.2) is 36.0 Å². The molecule has 0 aliphatic rings. The predicted octanol–water partition coefficient (Wildman–Crippen LogP) is 1.73. The average Bonchev–Trinajstić information content (AvgIpc) is 1.93. The predicted molar refractivity (Wildman–Crippen MR) is 45.3 cm³/mol. The minimum atomic E-state index is -3.53. The lowest BCUT2D eigenvalue weighted by molar-refractivity contribution is -0.137. The molecule has 0 saturated carbocycles. The number of hydrogen-bond donors (Lipinski definition) is 2. The second kappa shape index (κ2) is 5.29. The lowest BCUT2D eigenvalue weighted by atomic mass is 10.1. The second-order valence-corrected chi connectivity index (χ2v) is 3.42. The molecule has 0 fully saturated rings. The highest BCUT2D eigenvalue weighted by Crippen LogP contribution is 2.29. The minimum absolute atomic E-state index is 0.166. The number of nitrogens with one attached hydrogen (secondary N) is 1. The maximum Gasteiger partial charge on any atom is 0.304 e. The lowest BCUT2D eigenvalue weighted by Gasteiger charge is -2.20. The third-order valence-electron chi connectivity index (χ3n) is 1.47. The molecule has 0 aliphatic heterocycles. The third-order valence-corrected chi connectivity index (χ3v) is 1.47. The van der Waals surface area contributed by atoms with Crippen LogP contribution in [0.1, 0.15) is 19.8 Å². The first-order valence-electron chi connectivity index (χ1n) is 4.30. The summed E-state index contributed by atoms with van der Waals surface area (Å²) in [6, 6.07) is 0. The van der Waals surface area contributed by atoms with E-state index in [1.807, 2.05) is 0 Å². The van der Waals surface area contributed by atoms with Crippen molar-refractivity contribution in [2.24, 2.45) is 0 Å². The Labute approximate surface area is 84.5 Å². The fraction of sp³-hybridized carbons (Fsp3) is 0.875. The van der Waals surface area contributed by atoms with Gasteiger partial charge in [0.2, 0.25) is 0 Å². The number of rotatable bonds is 7. The number of alkyl halides is 4. The summed E-state index contributed by atoms with van der Waals surface area (Å²) >= 11 is 0. The van der Waals surface area contributed by atoms with Gasteiger partial charge in [-0.15, -0.1) is 0 Å². The van der Waals surface area contributed by atoms with E-state index in [1.54, 1.807) is 0 Å². The molecular formula is C8H13F4NO2. The van der Waals surface area contributed by atoms with Gasteiger partial charge in [-0.05, 0) is 6.92 Å². The van der Waals surface area contributed by atoms with E-state index < -0.39 is 30.8 Å². The van der Waals surface area contributed by atoms with E-state index >= 15 is 0 Å². The molecule has 0 rings (SSSR count). The number of carboxylic acids is 1. The van der Waals surface area contributed by atoms with Crippen LogP contribution in [0.4, 0.5) is 17.6 Å². The SMILES string of the molecule is CC(F)(F)CC(F)(F)CNCCC(=O)O. The Hall–Kier alpha value is -0.850. The fourth-order valence-electron chi connectivity index (χ4n) is 0.983. The molecule has 90 valence electrons. The van der Waals surface area contributed by atoms with Crippen molar-refractivity contribution < 1.29 is 27.5 Å². The van der Waals surface area contributed by atoms with Crippen LogP contribution in [0.15, 0.2) is 0 Å². The maximum absolute atomic E-state index is 12.8. The van der Waals surface area contributed by atoms with Gasteiger partial charge in [-0.1, -0.05) is 0 Å². The van der Waals surface area contributed by atoms with Crippen molar-refractivity contribution in [2.75, 3.05) is 13.1 Å². The Bertz CT molecular complexity index is 215. The van der Waals surface area contributed by atoms with Crippen LogP contribution in [0, 0.1) is 0 Å². The van der Waals surface area contributed by atoms with Gasteiger partial charge in [-0.25, -0.2) is 17.6 Å². The van der Waals surface area contributed by atoms with Gasteiger partial charge < -0.3 is 10.4 Å². The molecule has 0 aliphatic carbocycles. The van der Waals surface area contributed by atoms with Gasteiger partial charge in [-0.2, -0.15) is 0 Å². The van der Waals surface area contributed by atoms with Crippen LogP contribution in [0.5, 0.6) is 0 Å². The van der Waals surface area contributed by atoms with Crippen molar-refractivity contribution in [3.8, 4) is 0 Å². The standard InChI is InChI=1S/C8H13F4NO2/c1-7(9,10)4-8(11,12)5-13-3-2-6(14)15/h13H,2-5H2,1H3,(H,14,15). The Kier molecular flexibility index (Phi) is 4.99. The smallest absolute Gasteiger partial charge is 0.304 e. The van der Waals surface area contributed by atoms with Gasteiger partial charge in [0.05, 0.1) is 19.4 Å². The molecular weight excluding hydrogens is 218 g/mol. The summed E-state index contributed by atoms with van der Waals surface area (Å²) in [6.45, 7) is -0.692. The molecule has 0 atom stereocenters. The van der Waals surface area contributed by atoms with Crippen molar-refractivity contribution in [3.05, 3.63) is 0 Å². The summed E-state index contributed by atoms with van der Waals surface area (Å²) in [5, 5.41) is 10.3. The minimum Gasteiger partial charge on any atom is -0.481 e. The Morgan fingerprint density at radius 1 is 1.33 bits per heavy atom. The van der Waals surface area contributed by atoms with Gasteiger partial charge in [0.25, 0.3) is 11.8 Å². The normalized spacial score (nSPS) is 12.9. The van der Waals surface area contributed by atoms with Gasteiger partial charge in [0.1, 0.15) is 0 Å². The monoisotopic (exact) mass is 231 g/mol. The van der Waals surface area contributed by atoms with Gasteiger partial charge in [0.15, 0.2) is 0 Å². The number of carbonyl (C=O) groups is 1. The van der Waals surface area contributed by atoms with Crippen LogP contribution in [0.2, 0.25) is 0 Å². The van der Waals surface area contributed by atoms with Crippen LogP contribution < -0.4 is 5.32 Å². The molecule has 0 spiro atoms. The van der Waals surface area contributed by atoms with E-state index in [1.165, 1.54) is 0 Å². The van der Waals surface area contributed by atoms with E-state index in [-0.39, 0.29) is 13.0 Å². The van der Waals surface area contributed by atoms with Crippen molar-refractivity contribution >= 4 is 5.97 Å². The fourth-order valence-corrected chi connectivity index (χ4v) is 0.983. The highest BCUT2D eigenvalue weighted by atomic mass is 19.3. The average molecular weight is 231 g/mol. The van der Waals surface area contributed by atoms with E-state index in [9.17, 15) is 22.4 Å². The van der Waals surface area contributed by atoms with Crippen molar-refractivity contribution in [3.63, 3.8) is 0 Å². The first-order chi connectivity index (χ1) is 6.62. The molecule has 0 bridgehead atoms. The molecule has 15 heavy (non-hydrogen) atoms. The molecule has 0 aromatic rings. The number of aliphatic carboxylic acids is 1. The van der Waals surface area contributed by atoms with Gasteiger partial charge in [-0.3, -0.25) is 4.79 Å². The van der Waals surface area contributed by atoms with E-state index in [0.29, 0.717) is 6.92 Å². The highest BCUT2D eigenvalue weighted by Gasteiger charge is 2.39. The van der Waals surface area contributed by atoms with E-state index in [2.05, 4.69) is 5.32 Å². The molecule has 0 amide bonds. The van der Waals surface area contributed by atoms with E-state index in [4.69, 9.17) is 5.11 Å². The zero-order valence-corrected chi connectivity index (χ0v) is 8.20. The second-order valence-electron chi connectivity index (χ2n) is 3.42. The zero-order chi connectivity index (χ0) is 12.1. The summed E-state index contributed by atoms with van der Waals surface area (Å²) < 4.78 is 50.0. The van der Waals surface area contributed by atoms with Gasteiger partial charge >= 0.3 is 5.97 Å². The topological polar surface area (TPSA) is 49.3 Å². The first kappa shape index (κ1) is 14.2. The molecule has 0 aromatic carbocycles. The summed E-state index contributed by atoms with van der Waals surface area (Å²) in [5.41, 5.74) is 0. The van der Waals surface area contributed by atoms with Crippen molar-refractivity contribution in [1.29, 1.82) is 0 Å². The molecule has 7 heteroatoms. The summed E-state index contributed by atoms with van der Waals surface area (Å²) in [5.74, 6) is -8.10. The third kappa shape index (κ3) is 9.45. The molecule has 0 heterocycles. The van der Waals surface area contributed by atoms with Crippen LogP contribution >= 0.6 is 0 Å². The quantitative estimate of drug-likeness (QED) is 0.518. The summed E-state index contributed by atoms with van der Waals surface area (Å²) in [6.07, 6.45) is -1.86. The van der Waals surface area contributed by atoms with Crippen LogP contribution in [-0.2, 0) is 4.79 Å². The van der Waals surface area contributed by atoms with Crippen molar-refractivity contribution in [1.82, 2.24) is 5.32 Å². The first-order valence-corrected chi connectivity index (χ1v) is 4.30. The Balaban J connectivity index is 3.79. The number of carboxylic acid groups (broad SMARTS) is 1. The Morgan fingerprint density at radius 2 is 1.87 bits per heavy atom. The van der Waals surface area contributed by atoms with Crippen LogP contribution in [0.3, 0.4) is 0 Å². The lowest BCUT2D eigenvalue weighted by Crippen LogP contribution is -2.37. The molecule has 3 nitrogen and oxygen atoms in total. The van der Waals surface area contributed by atoms with Crippen LogP contribution in [0.25, 0.3) is 0 Å².